The molecule has 1 fully saturated rings. The summed E-state index contributed by atoms with van der Waals surface area (Å²) in [7, 11) is 1.71. The first-order valence-electron chi connectivity index (χ1n) is 6.39. The van der Waals surface area contributed by atoms with E-state index in [0.717, 1.165) is 30.8 Å². The van der Waals surface area contributed by atoms with Crippen LogP contribution in [0.25, 0.3) is 0 Å². The molecule has 0 aromatic heterocycles. The first kappa shape index (κ1) is 14.3. The normalized spacial score (nSPS) is 19.6. The molecule has 1 atom stereocenters. The fraction of sp³-hybridized carbons (Fsp3) is 0.500. The standard InChI is InChI=1S/C14H19ClN2O2/c1-10-7-11(3-4-13(10)15)16-14(18)9-17-6-5-12(8-17)19-2/h3-4,7,12H,5-6,8-9H2,1-2H3,(H,16,18)/t12-/m1/s1. The van der Waals surface area contributed by atoms with E-state index >= 15 is 0 Å². The zero-order chi connectivity index (χ0) is 13.8. The van der Waals surface area contributed by atoms with Gasteiger partial charge in [0.15, 0.2) is 0 Å². The minimum absolute atomic E-state index is 0.00141. The third-order valence-corrected chi connectivity index (χ3v) is 3.80. The van der Waals surface area contributed by atoms with Gasteiger partial charge >= 0.3 is 0 Å². The van der Waals surface area contributed by atoms with Crippen LogP contribution in [0, 0.1) is 6.92 Å². The largest absolute Gasteiger partial charge is 0.380 e. The molecule has 1 aromatic rings. The minimum Gasteiger partial charge on any atom is -0.380 e. The number of nitrogens with zero attached hydrogens (tertiary/aromatic N) is 1. The van der Waals surface area contributed by atoms with E-state index in [2.05, 4.69) is 10.2 Å². The Morgan fingerprint density at radius 2 is 2.37 bits per heavy atom. The number of hydrogen-bond donors (Lipinski definition) is 1. The van der Waals surface area contributed by atoms with Crippen LogP contribution in [0.2, 0.25) is 5.02 Å². The van der Waals surface area contributed by atoms with Crippen LogP contribution in [0.3, 0.4) is 0 Å². The van der Waals surface area contributed by atoms with E-state index in [1.807, 2.05) is 19.1 Å². The maximum Gasteiger partial charge on any atom is 0.238 e. The number of rotatable bonds is 4. The third kappa shape index (κ3) is 3.93. The summed E-state index contributed by atoms with van der Waals surface area (Å²) in [5.41, 5.74) is 1.74. The molecule has 0 aliphatic carbocycles. The Morgan fingerprint density at radius 3 is 3.00 bits per heavy atom. The Morgan fingerprint density at radius 1 is 1.58 bits per heavy atom. The highest BCUT2D eigenvalue weighted by Gasteiger charge is 2.23. The number of aryl methyl sites for hydroxylation is 1. The molecule has 104 valence electrons. The number of halogens is 1. The monoisotopic (exact) mass is 282 g/mol. The van der Waals surface area contributed by atoms with Gasteiger partial charge in [-0.15, -0.1) is 0 Å². The Kier molecular flexibility index (Phi) is 4.80. The lowest BCUT2D eigenvalue weighted by Crippen LogP contribution is -2.32. The number of ether oxygens (including phenoxy) is 1. The quantitative estimate of drug-likeness (QED) is 0.921. The first-order valence-corrected chi connectivity index (χ1v) is 6.77. The Bertz CT molecular complexity index is 465. The van der Waals surface area contributed by atoms with Crippen molar-refractivity contribution in [3.05, 3.63) is 28.8 Å². The molecule has 1 N–H and O–H groups in total. The van der Waals surface area contributed by atoms with Crippen LogP contribution in [0.4, 0.5) is 5.69 Å². The van der Waals surface area contributed by atoms with E-state index in [0.29, 0.717) is 11.6 Å². The Labute approximate surface area is 118 Å². The van der Waals surface area contributed by atoms with Gasteiger partial charge < -0.3 is 10.1 Å². The number of amides is 1. The summed E-state index contributed by atoms with van der Waals surface area (Å²) in [6.45, 7) is 4.05. The summed E-state index contributed by atoms with van der Waals surface area (Å²) >= 11 is 5.95. The molecule has 0 spiro atoms. The van der Waals surface area contributed by atoms with Crippen molar-refractivity contribution >= 4 is 23.2 Å². The summed E-state index contributed by atoms with van der Waals surface area (Å²) in [6.07, 6.45) is 1.25. The second-order valence-electron chi connectivity index (χ2n) is 4.89. The zero-order valence-electron chi connectivity index (χ0n) is 11.3. The number of carbonyl (C=O) groups excluding carboxylic acids is 1. The van der Waals surface area contributed by atoms with Crippen LogP contribution in [0.15, 0.2) is 18.2 Å². The maximum absolute atomic E-state index is 11.9. The molecule has 2 rings (SSSR count). The van der Waals surface area contributed by atoms with E-state index in [1.165, 1.54) is 0 Å². The smallest absolute Gasteiger partial charge is 0.238 e. The number of hydrogen-bond acceptors (Lipinski definition) is 3. The molecule has 0 radical (unpaired) electrons. The lowest BCUT2D eigenvalue weighted by atomic mass is 10.2. The van der Waals surface area contributed by atoms with Crippen molar-refractivity contribution in [3.8, 4) is 0 Å². The van der Waals surface area contributed by atoms with Gasteiger partial charge in [-0.3, -0.25) is 9.69 Å². The number of carbonyl (C=O) groups is 1. The van der Waals surface area contributed by atoms with Gasteiger partial charge in [0.25, 0.3) is 0 Å². The van der Waals surface area contributed by atoms with Crippen LogP contribution >= 0.6 is 11.6 Å². The lowest BCUT2D eigenvalue weighted by Gasteiger charge is -2.15. The predicted molar refractivity (Wildman–Crippen MR) is 76.7 cm³/mol. The van der Waals surface area contributed by atoms with Crippen LogP contribution in [-0.2, 0) is 9.53 Å². The number of benzene rings is 1. The van der Waals surface area contributed by atoms with Crippen molar-refractivity contribution in [3.63, 3.8) is 0 Å². The van der Waals surface area contributed by atoms with Gasteiger partial charge in [0.2, 0.25) is 5.91 Å². The molecule has 1 heterocycles. The highest BCUT2D eigenvalue weighted by molar-refractivity contribution is 6.31. The molecule has 1 aliphatic rings. The number of nitrogens with one attached hydrogen (secondary N) is 1. The Balaban J connectivity index is 1.86. The molecule has 4 nitrogen and oxygen atoms in total. The third-order valence-electron chi connectivity index (χ3n) is 3.37. The van der Waals surface area contributed by atoms with Crippen LogP contribution in [0.1, 0.15) is 12.0 Å². The average Bonchev–Trinajstić information content (AvgIpc) is 2.81. The van der Waals surface area contributed by atoms with E-state index < -0.39 is 0 Å². The van der Waals surface area contributed by atoms with E-state index in [9.17, 15) is 4.79 Å². The molecule has 1 aromatic carbocycles. The van der Waals surface area contributed by atoms with E-state index in [1.54, 1.807) is 13.2 Å². The molecule has 0 saturated carbocycles. The second-order valence-corrected chi connectivity index (χ2v) is 5.30. The highest BCUT2D eigenvalue weighted by Crippen LogP contribution is 2.19. The van der Waals surface area contributed by atoms with Gasteiger partial charge in [0, 0.05) is 30.9 Å². The molecule has 19 heavy (non-hydrogen) atoms. The average molecular weight is 283 g/mol. The lowest BCUT2D eigenvalue weighted by molar-refractivity contribution is -0.117. The first-order chi connectivity index (χ1) is 9.08. The molecular weight excluding hydrogens is 264 g/mol. The molecule has 1 saturated heterocycles. The van der Waals surface area contributed by atoms with Gasteiger partial charge in [0.05, 0.1) is 12.6 Å². The van der Waals surface area contributed by atoms with Crippen LogP contribution < -0.4 is 5.32 Å². The van der Waals surface area contributed by atoms with Gasteiger partial charge in [-0.05, 0) is 37.1 Å². The van der Waals surface area contributed by atoms with Crippen molar-refractivity contribution in [2.75, 3.05) is 32.1 Å². The van der Waals surface area contributed by atoms with Crippen molar-refractivity contribution < 1.29 is 9.53 Å². The molecule has 1 aliphatic heterocycles. The van der Waals surface area contributed by atoms with E-state index in [-0.39, 0.29) is 12.0 Å². The topological polar surface area (TPSA) is 41.6 Å². The molecule has 5 heteroatoms. The molecule has 1 amide bonds. The number of anilines is 1. The molecule has 0 bridgehead atoms. The SMILES string of the molecule is CO[C@@H]1CCN(CC(=O)Nc2ccc(Cl)c(C)c2)C1. The fourth-order valence-electron chi connectivity index (χ4n) is 2.26. The second kappa shape index (κ2) is 6.37. The van der Waals surface area contributed by atoms with Gasteiger partial charge in [-0.1, -0.05) is 11.6 Å². The van der Waals surface area contributed by atoms with Gasteiger partial charge in [-0.2, -0.15) is 0 Å². The fourth-order valence-corrected chi connectivity index (χ4v) is 2.38. The van der Waals surface area contributed by atoms with Crippen molar-refractivity contribution in [2.45, 2.75) is 19.4 Å². The summed E-state index contributed by atoms with van der Waals surface area (Å²) in [5.74, 6) is -0.00141. The minimum atomic E-state index is -0.00141. The number of methoxy groups -OCH3 is 1. The predicted octanol–water partition coefficient (Wildman–Crippen LogP) is 2.31. The summed E-state index contributed by atoms with van der Waals surface area (Å²) < 4.78 is 5.28. The number of likely N-dealkylation sites (tertiary alicyclic amines) is 1. The van der Waals surface area contributed by atoms with Crippen LogP contribution in [-0.4, -0.2) is 43.7 Å². The molecule has 0 unspecified atom stereocenters. The molecular formula is C14H19ClN2O2. The van der Waals surface area contributed by atoms with Crippen molar-refractivity contribution in [2.24, 2.45) is 0 Å². The Hall–Kier alpha value is -1.10. The summed E-state index contributed by atoms with van der Waals surface area (Å²) in [4.78, 5) is 14.0. The van der Waals surface area contributed by atoms with Crippen LogP contribution in [0.5, 0.6) is 0 Å². The van der Waals surface area contributed by atoms with E-state index in [4.69, 9.17) is 16.3 Å². The zero-order valence-corrected chi connectivity index (χ0v) is 12.0. The van der Waals surface area contributed by atoms with Crippen molar-refractivity contribution in [1.82, 2.24) is 4.90 Å². The van der Waals surface area contributed by atoms with Gasteiger partial charge in [-0.25, -0.2) is 0 Å². The summed E-state index contributed by atoms with van der Waals surface area (Å²) in [6, 6.07) is 5.49. The van der Waals surface area contributed by atoms with Gasteiger partial charge in [0.1, 0.15) is 0 Å². The maximum atomic E-state index is 11.9. The highest BCUT2D eigenvalue weighted by atomic mass is 35.5. The summed E-state index contributed by atoms with van der Waals surface area (Å²) in [5, 5.41) is 3.60. The van der Waals surface area contributed by atoms with Crippen molar-refractivity contribution in [1.29, 1.82) is 0 Å².